The fraction of sp³-hybridized carbons (Fsp3) is 0.130. The van der Waals surface area contributed by atoms with Gasteiger partial charge in [-0.2, -0.15) is 8.78 Å². The second-order valence-corrected chi connectivity index (χ2v) is 6.73. The predicted octanol–water partition coefficient (Wildman–Crippen LogP) is 5.20. The molecule has 6 nitrogen and oxygen atoms in total. The number of imidazole rings is 1. The number of anilines is 1. The van der Waals surface area contributed by atoms with Gasteiger partial charge in [-0.1, -0.05) is 18.2 Å². The monoisotopic (exact) mass is 423 g/mol. The molecule has 0 saturated carbocycles. The molecule has 158 valence electrons. The first-order valence-corrected chi connectivity index (χ1v) is 9.45. The zero-order valence-electron chi connectivity index (χ0n) is 16.8. The first-order chi connectivity index (χ1) is 15.0. The summed E-state index contributed by atoms with van der Waals surface area (Å²) in [7, 11) is 1.34. The fourth-order valence-electron chi connectivity index (χ4n) is 3.39. The lowest BCUT2D eigenvalue weighted by Gasteiger charge is -2.12. The zero-order valence-corrected chi connectivity index (χ0v) is 16.8. The van der Waals surface area contributed by atoms with Crippen molar-refractivity contribution in [3.05, 3.63) is 78.1 Å². The van der Waals surface area contributed by atoms with Crippen LogP contribution in [0.5, 0.6) is 11.5 Å². The Kier molecular flexibility index (Phi) is 5.53. The van der Waals surface area contributed by atoms with E-state index in [1.54, 1.807) is 18.2 Å². The average Bonchev–Trinajstić information content (AvgIpc) is 3.09. The van der Waals surface area contributed by atoms with Gasteiger partial charge in [-0.15, -0.1) is 0 Å². The number of hydrogen-bond donors (Lipinski definition) is 1. The van der Waals surface area contributed by atoms with Crippen molar-refractivity contribution >= 4 is 22.6 Å². The molecule has 0 aliphatic carbocycles. The highest BCUT2D eigenvalue weighted by molar-refractivity contribution is 6.06. The Morgan fingerprint density at radius 2 is 1.81 bits per heavy atom. The summed E-state index contributed by atoms with van der Waals surface area (Å²) >= 11 is 0. The van der Waals surface area contributed by atoms with Crippen molar-refractivity contribution in [1.82, 2.24) is 9.55 Å². The van der Waals surface area contributed by atoms with Gasteiger partial charge in [0.25, 0.3) is 5.91 Å². The van der Waals surface area contributed by atoms with E-state index in [1.807, 2.05) is 47.9 Å². The van der Waals surface area contributed by atoms with Gasteiger partial charge >= 0.3 is 6.61 Å². The normalized spacial score (nSPS) is 11.0. The molecule has 0 aliphatic rings. The maximum Gasteiger partial charge on any atom is 0.387 e. The molecule has 3 aromatic carbocycles. The number of fused-ring (bicyclic) bond motifs is 1. The van der Waals surface area contributed by atoms with E-state index in [2.05, 4.69) is 15.0 Å². The van der Waals surface area contributed by atoms with Gasteiger partial charge in [0.2, 0.25) is 0 Å². The number of methoxy groups -OCH3 is 1. The van der Waals surface area contributed by atoms with Crippen molar-refractivity contribution in [2.45, 2.75) is 13.5 Å². The van der Waals surface area contributed by atoms with Crippen LogP contribution in [0.4, 0.5) is 14.5 Å². The lowest BCUT2D eigenvalue weighted by atomic mass is 10.1. The van der Waals surface area contributed by atoms with Crippen LogP contribution in [0.15, 0.2) is 66.7 Å². The number of nitrogens with one attached hydrogen (secondary N) is 1. The molecule has 4 aromatic rings. The van der Waals surface area contributed by atoms with Crippen LogP contribution in [0.3, 0.4) is 0 Å². The number of carbonyl (C=O) groups excluding carboxylic acids is 1. The predicted molar refractivity (Wildman–Crippen MR) is 113 cm³/mol. The lowest BCUT2D eigenvalue weighted by molar-refractivity contribution is -0.0511. The highest BCUT2D eigenvalue weighted by atomic mass is 19.3. The summed E-state index contributed by atoms with van der Waals surface area (Å²) in [5, 5.41) is 2.69. The second-order valence-electron chi connectivity index (χ2n) is 6.73. The summed E-state index contributed by atoms with van der Waals surface area (Å²) in [6.45, 7) is -1.11. The Bertz CT molecular complexity index is 1240. The first-order valence-electron chi connectivity index (χ1n) is 9.45. The third kappa shape index (κ3) is 4.18. The van der Waals surface area contributed by atoms with E-state index >= 15 is 0 Å². The van der Waals surface area contributed by atoms with Crippen LogP contribution in [0.25, 0.3) is 16.7 Å². The molecular formula is C23H19F2N3O3. The van der Waals surface area contributed by atoms with E-state index in [1.165, 1.54) is 19.2 Å². The number of rotatable bonds is 6. The van der Waals surface area contributed by atoms with Crippen LogP contribution in [-0.4, -0.2) is 29.2 Å². The Morgan fingerprint density at radius 3 is 2.52 bits per heavy atom. The molecule has 1 heterocycles. The average molecular weight is 423 g/mol. The summed E-state index contributed by atoms with van der Waals surface area (Å²) in [6, 6.07) is 19.3. The Labute approximate surface area is 177 Å². The van der Waals surface area contributed by atoms with E-state index in [0.717, 1.165) is 17.0 Å². The number of benzene rings is 3. The Hall–Kier alpha value is -3.94. The fourth-order valence-corrected chi connectivity index (χ4v) is 3.39. The maximum atomic E-state index is 12.7. The van der Waals surface area contributed by atoms with E-state index in [9.17, 15) is 13.6 Å². The minimum Gasteiger partial charge on any atom is -0.493 e. The summed E-state index contributed by atoms with van der Waals surface area (Å²) in [5.41, 5.74) is 3.21. The molecule has 0 atom stereocenters. The topological polar surface area (TPSA) is 65.4 Å². The van der Waals surface area contributed by atoms with Gasteiger partial charge < -0.3 is 14.8 Å². The van der Waals surface area contributed by atoms with Gasteiger partial charge in [0, 0.05) is 23.0 Å². The van der Waals surface area contributed by atoms with Crippen LogP contribution >= 0.6 is 0 Å². The Morgan fingerprint density at radius 1 is 1.03 bits per heavy atom. The van der Waals surface area contributed by atoms with Crippen molar-refractivity contribution < 1.29 is 23.0 Å². The molecule has 0 fully saturated rings. The molecule has 0 saturated heterocycles. The quantitative estimate of drug-likeness (QED) is 0.463. The number of amides is 1. The number of alkyl halides is 2. The van der Waals surface area contributed by atoms with Crippen LogP contribution < -0.4 is 14.8 Å². The maximum absolute atomic E-state index is 12.7. The number of nitrogens with zero attached hydrogens (tertiary/aromatic N) is 2. The number of ether oxygens (including phenoxy) is 2. The van der Waals surface area contributed by atoms with Crippen LogP contribution in [-0.2, 0) is 0 Å². The number of carbonyl (C=O) groups is 1. The number of para-hydroxylation sites is 1. The van der Waals surface area contributed by atoms with Gasteiger partial charge in [-0.3, -0.25) is 9.36 Å². The molecular weight excluding hydrogens is 404 g/mol. The van der Waals surface area contributed by atoms with Crippen LogP contribution in [0, 0.1) is 6.92 Å². The van der Waals surface area contributed by atoms with Gasteiger partial charge in [0.15, 0.2) is 11.5 Å². The molecule has 0 spiro atoms. The Balaban J connectivity index is 1.62. The molecule has 0 aliphatic heterocycles. The minimum absolute atomic E-state index is 0.140. The molecule has 31 heavy (non-hydrogen) atoms. The van der Waals surface area contributed by atoms with Crippen molar-refractivity contribution in [2.75, 3.05) is 12.4 Å². The minimum atomic E-state index is -3.01. The van der Waals surface area contributed by atoms with Crippen LogP contribution in [0.1, 0.15) is 16.2 Å². The number of aryl methyl sites for hydroxylation is 1. The molecule has 0 unspecified atom stereocenters. The summed E-state index contributed by atoms with van der Waals surface area (Å²) < 4.78 is 36.7. The van der Waals surface area contributed by atoms with E-state index in [4.69, 9.17) is 4.74 Å². The molecule has 1 amide bonds. The summed E-state index contributed by atoms with van der Waals surface area (Å²) in [6.07, 6.45) is 0. The van der Waals surface area contributed by atoms with Crippen molar-refractivity contribution in [3.63, 3.8) is 0 Å². The van der Waals surface area contributed by atoms with Gasteiger partial charge in [-0.25, -0.2) is 4.98 Å². The third-order valence-electron chi connectivity index (χ3n) is 4.74. The van der Waals surface area contributed by atoms with Crippen LogP contribution in [0.2, 0.25) is 0 Å². The first kappa shape index (κ1) is 20.3. The third-order valence-corrected chi connectivity index (χ3v) is 4.74. The summed E-state index contributed by atoms with van der Waals surface area (Å²) in [5.74, 6) is 0.370. The SMILES string of the molecule is COc1ccc(NC(=O)c2ccc3c(c2)nc(C)n3-c2ccccc2)cc1OC(F)F. The lowest BCUT2D eigenvalue weighted by Crippen LogP contribution is -2.12. The zero-order chi connectivity index (χ0) is 22.0. The number of halogens is 2. The van der Waals surface area contributed by atoms with Gasteiger partial charge in [0.05, 0.1) is 18.1 Å². The van der Waals surface area contributed by atoms with E-state index in [-0.39, 0.29) is 11.5 Å². The molecule has 0 radical (unpaired) electrons. The highest BCUT2D eigenvalue weighted by Gasteiger charge is 2.15. The highest BCUT2D eigenvalue weighted by Crippen LogP contribution is 2.32. The molecule has 4 rings (SSSR count). The molecule has 1 aromatic heterocycles. The number of hydrogen-bond acceptors (Lipinski definition) is 4. The molecule has 0 bridgehead atoms. The molecule has 8 heteroatoms. The second kappa shape index (κ2) is 8.43. The number of aromatic nitrogens is 2. The van der Waals surface area contributed by atoms with Gasteiger partial charge in [-0.05, 0) is 49.4 Å². The largest absolute Gasteiger partial charge is 0.493 e. The summed E-state index contributed by atoms with van der Waals surface area (Å²) in [4.78, 5) is 17.3. The van der Waals surface area contributed by atoms with E-state index < -0.39 is 12.5 Å². The standard InChI is InChI=1S/C23H19F2N3O3/c1-14-26-18-12-15(8-10-19(18)28(14)17-6-4-3-5-7-17)22(29)27-16-9-11-20(30-2)21(13-16)31-23(24)25/h3-13,23H,1-2H3,(H,27,29). The van der Waals surface area contributed by atoms with Crippen molar-refractivity contribution in [2.24, 2.45) is 0 Å². The van der Waals surface area contributed by atoms with Gasteiger partial charge in [0.1, 0.15) is 5.82 Å². The molecule has 1 N–H and O–H groups in total. The smallest absolute Gasteiger partial charge is 0.387 e. The van der Waals surface area contributed by atoms with Crippen molar-refractivity contribution in [3.8, 4) is 17.2 Å². The van der Waals surface area contributed by atoms with Crippen molar-refractivity contribution in [1.29, 1.82) is 0 Å². The van der Waals surface area contributed by atoms with E-state index in [0.29, 0.717) is 16.8 Å².